The molecule has 0 atom stereocenters. The lowest BCUT2D eigenvalue weighted by Gasteiger charge is -1.97. The van der Waals surface area contributed by atoms with Crippen LogP contribution in [0.25, 0.3) is 17.4 Å². The lowest BCUT2D eigenvalue weighted by Crippen LogP contribution is -2.00. The molecule has 0 fully saturated rings. The summed E-state index contributed by atoms with van der Waals surface area (Å²) in [6, 6.07) is 17.0. The molecule has 0 bridgehead atoms. The van der Waals surface area contributed by atoms with Crippen LogP contribution in [0.3, 0.4) is 0 Å². The van der Waals surface area contributed by atoms with Crippen LogP contribution in [-0.2, 0) is 16.1 Å². The minimum atomic E-state index is -0.511. The third-order valence-electron chi connectivity index (χ3n) is 3.26. The number of esters is 1. The van der Waals surface area contributed by atoms with Crippen molar-refractivity contribution in [2.24, 2.45) is 0 Å². The van der Waals surface area contributed by atoms with Crippen LogP contribution >= 0.6 is 0 Å². The zero-order chi connectivity index (χ0) is 16.8. The molecule has 0 unspecified atom stereocenters. The molecule has 0 aliphatic heterocycles. The van der Waals surface area contributed by atoms with Gasteiger partial charge in [0.05, 0.1) is 0 Å². The van der Waals surface area contributed by atoms with E-state index < -0.39 is 5.97 Å². The highest BCUT2D eigenvalue weighted by Crippen LogP contribution is 2.20. The number of benzene rings is 2. The summed E-state index contributed by atoms with van der Waals surface area (Å²) in [5.41, 5.74) is 2.14. The zero-order valence-electron chi connectivity index (χ0n) is 12.7. The smallest absolute Gasteiger partial charge is 0.331 e. The molecule has 4 nitrogen and oxygen atoms in total. The number of hydrogen-bond acceptors (Lipinski definition) is 4. The Balaban J connectivity index is 1.55. The summed E-state index contributed by atoms with van der Waals surface area (Å²) in [4.78, 5) is 11.7. The first-order valence-corrected chi connectivity index (χ1v) is 7.32. The van der Waals surface area contributed by atoms with Crippen LogP contribution in [0.1, 0.15) is 11.3 Å². The van der Waals surface area contributed by atoms with Crippen molar-refractivity contribution < 1.29 is 18.4 Å². The van der Waals surface area contributed by atoms with E-state index in [1.54, 1.807) is 24.3 Å². The number of carbonyl (C=O) groups is 1. The summed E-state index contributed by atoms with van der Waals surface area (Å²) in [6.45, 7) is 0.0168. The van der Waals surface area contributed by atoms with E-state index in [0.29, 0.717) is 17.0 Å². The summed E-state index contributed by atoms with van der Waals surface area (Å²) in [5.74, 6) is -0.220. The summed E-state index contributed by atoms with van der Waals surface area (Å²) < 4.78 is 23.1. The van der Waals surface area contributed by atoms with Crippen LogP contribution in [0.2, 0.25) is 0 Å². The highest BCUT2D eigenvalue weighted by atomic mass is 19.1. The third-order valence-corrected chi connectivity index (χ3v) is 3.26. The van der Waals surface area contributed by atoms with Crippen LogP contribution in [0, 0.1) is 5.82 Å². The minimum absolute atomic E-state index is 0.0168. The molecule has 0 saturated heterocycles. The first kappa shape index (κ1) is 15.7. The van der Waals surface area contributed by atoms with E-state index in [1.807, 2.05) is 30.3 Å². The topological polar surface area (TPSA) is 52.3 Å². The van der Waals surface area contributed by atoms with E-state index in [1.165, 1.54) is 18.2 Å². The molecule has 3 rings (SSSR count). The number of ether oxygens (including phenoxy) is 1. The van der Waals surface area contributed by atoms with Gasteiger partial charge in [-0.1, -0.05) is 47.6 Å². The molecule has 3 aromatic rings. The molecule has 24 heavy (non-hydrogen) atoms. The summed E-state index contributed by atoms with van der Waals surface area (Å²) in [7, 11) is 0. The average Bonchev–Trinajstić information content (AvgIpc) is 3.09. The fourth-order valence-electron chi connectivity index (χ4n) is 2.05. The van der Waals surface area contributed by atoms with Gasteiger partial charge in [-0.05, 0) is 23.8 Å². The first-order valence-electron chi connectivity index (χ1n) is 7.32. The number of hydrogen-bond donors (Lipinski definition) is 0. The lowest BCUT2D eigenvalue weighted by molar-refractivity contribution is -0.139. The third kappa shape index (κ3) is 4.16. The van der Waals surface area contributed by atoms with Crippen molar-refractivity contribution in [3.63, 3.8) is 0 Å². The van der Waals surface area contributed by atoms with Gasteiger partial charge >= 0.3 is 5.97 Å². The van der Waals surface area contributed by atoms with E-state index in [0.717, 1.165) is 5.56 Å². The van der Waals surface area contributed by atoms with Crippen molar-refractivity contribution in [2.45, 2.75) is 6.61 Å². The van der Waals surface area contributed by atoms with Gasteiger partial charge in [0.1, 0.15) is 18.1 Å². The summed E-state index contributed by atoms with van der Waals surface area (Å²) in [5, 5.41) is 3.87. The second kappa shape index (κ2) is 7.37. The van der Waals surface area contributed by atoms with Crippen LogP contribution in [-0.4, -0.2) is 11.1 Å². The Morgan fingerprint density at radius 3 is 2.62 bits per heavy atom. The largest absolute Gasteiger partial charge is 0.456 e. The zero-order valence-corrected chi connectivity index (χ0v) is 12.7. The molecule has 0 aliphatic carbocycles. The van der Waals surface area contributed by atoms with E-state index >= 15 is 0 Å². The van der Waals surface area contributed by atoms with Gasteiger partial charge < -0.3 is 9.26 Å². The van der Waals surface area contributed by atoms with Crippen molar-refractivity contribution in [3.8, 4) is 11.3 Å². The van der Waals surface area contributed by atoms with Crippen molar-refractivity contribution >= 4 is 12.0 Å². The monoisotopic (exact) mass is 323 g/mol. The Morgan fingerprint density at radius 1 is 1.12 bits per heavy atom. The Bertz CT molecular complexity index is 839. The molecule has 1 heterocycles. The molecule has 1 aromatic heterocycles. The van der Waals surface area contributed by atoms with Gasteiger partial charge in [-0.3, -0.25) is 0 Å². The fraction of sp³-hybridized carbons (Fsp3) is 0.0526. The number of carbonyl (C=O) groups excluding carboxylic acids is 1. The molecule has 0 N–H and O–H groups in total. The normalized spacial score (nSPS) is 10.9. The SMILES string of the molecule is O=C(/C=C/c1ccc(F)cc1)OCc1cc(-c2ccccc2)on1. The quantitative estimate of drug-likeness (QED) is 0.520. The Kier molecular flexibility index (Phi) is 4.81. The van der Waals surface area contributed by atoms with Gasteiger partial charge in [0, 0.05) is 17.7 Å². The fourth-order valence-corrected chi connectivity index (χ4v) is 2.05. The number of nitrogens with zero attached hydrogens (tertiary/aromatic N) is 1. The number of rotatable bonds is 5. The van der Waals surface area contributed by atoms with Crippen molar-refractivity contribution in [3.05, 3.63) is 83.8 Å². The van der Waals surface area contributed by atoms with Gasteiger partial charge in [0.15, 0.2) is 5.76 Å². The average molecular weight is 323 g/mol. The van der Waals surface area contributed by atoms with Crippen LogP contribution in [0.4, 0.5) is 4.39 Å². The standard InChI is InChI=1S/C19H14FNO3/c20-16-9-6-14(7-10-16)8-11-19(22)23-13-17-12-18(24-21-17)15-4-2-1-3-5-15/h1-12H,13H2/b11-8+. The molecule has 0 radical (unpaired) electrons. The molecule has 5 heteroatoms. The molecule has 0 amide bonds. The minimum Gasteiger partial charge on any atom is -0.456 e. The molecular formula is C19H14FNO3. The first-order chi connectivity index (χ1) is 11.7. The Hall–Kier alpha value is -3.21. The van der Waals surface area contributed by atoms with E-state index in [9.17, 15) is 9.18 Å². The second-order valence-electron chi connectivity index (χ2n) is 5.04. The maximum Gasteiger partial charge on any atom is 0.331 e. The van der Waals surface area contributed by atoms with Gasteiger partial charge in [-0.15, -0.1) is 0 Å². The number of halogens is 1. The molecule has 0 aliphatic rings. The summed E-state index contributed by atoms with van der Waals surface area (Å²) >= 11 is 0. The molecule has 0 saturated carbocycles. The molecule has 120 valence electrons. The van der Waals surface area contributed by atoms with Crippen LogP contribution in [0.15, 0.2) is 71.3 Å². The second-order valence-corrected chi connectivity index (χ2v) is 5.04. The van der Waals surface area contributed by atoms with Crippen molar-refractivity contribution in [1.29, 1.82) is 0 Å². The van der Waals surface area contributed by atoms with E-state index in [4.69, 9.17) is 9.26 Å². The maximum absolute atomic E-state index is 12.8. The van der Waals surface area contributed by atoms with Gasteiger partial charge in [-0.2, -0.15) is 0 Å². The predicted molar refractivity (Wildman–Crippen MR) is 87.2 cm³/mol. The number of aromatic nitrogens is 1. The Morgan fingerprint density at radius 2 is 1.88 bits per heavy atom. The molecule has 0 spiro atoms. The Labute approximate surface area is 138 Å². The molecule has 2 aromatic carbocycles. The van der Waals surface area contributed by atoms with Crippen LogP contribution < -0.4 is 0 Å². The predicted octanol–water partition coefficient (Wildman–Crippen LogP) is 4.24. The van der Waals surface area contributed by atoms with E-state index in [-0.39, 0.29) is 12.4 Å². The lowest BCUT2D eigenvalue weighted by atomic mass is 10.2. The summed E-state index contributed by atoms with van der Waals surface area (Å²) in [6.07, 6.45) is 2.84. The van der Waals surface area contributed by atoms with Gasteiger partial charge in [0.25, 0.3) is 0 Å². The maximum atomic E-state index is 12.8. The van der Waals surface area contributed by atoms with Crippen LogP contribution in [0.5, 0.6) is 0 Å². The highest BCUT2D eigenvalue weighted by molar-refractivity contribution is 5.87. The highest BCUT2D eigenvalue weighted by Gasteiger charge is 2.07. The van der Waals surface area contributed by atoms with Gasteiger partial charge in [0.2, 0.25) is 0 Å². The van der Waals surface area contributed by atoms with Gasteiger partial charge in [-0.25, -0.2) is 9.18 Å². The van der Waals surface area contributed by atoms with E-state index in [2.05, 4.69) is 5.16 Å². The van der Waals surface area contributed by atoms with Crippen molar-refractivity contribution in [2.75, 3.05) is 0 Å². The molecular weight excluding hydrogens is 309 g/mol. The van der Waals surface area contributed by atoms with Crippen molar-refractivity contribution in [1.82, 2.24) is 5.16 Å².